The highest BCUT2D eigenvalue weighted by Gasteiger charge is 2.38. The summed E-state index contributed by atoms with van der Waals surface area (Å²) in [5, 5.41) is 0.227. The number of thioether (sulfide) groups is 1. The van der Waals surface area contributed by atoms with Crippen molar-refractivity contribution >= 4 is 17.7 Å². The predicted molar refractivity (Wildman–Crippen MR) is 70.6 cm³/mol. The van der Waals surface area contributed by atoms with Gasteiger partial charge in [0.15, 0.2) is 0 Å². The zero-order valence-corrected chi connectivity index (χ0v) is 11.3. The third-order valence-electron chi connectivity index (χ3n) is 2.92. The first-order valence-electron chi connectivity index (χ1n) is 5.91. The van der Waals surface area contributed by atoms with E-state index in [4.69, 9.17) is 0 Å². The number of nitrogens with zero attached hydrogens (tertiary/aromatic N) is 2. The molecule has 0 aromatic carbocycles. The summed E-state index contributed by atoms with van der Waals surface area (Å²) in [7, 11) is 1.88. The first-order chi connectivity index (χ1) is 8.09. The minimum Gasteiger partial charge on any atom is -0.329 e. The molecule has 0 radical (unpaired) electrons. The molecule has 0 N–H and O–H groups in total. The van der Waals surface area contributed by atoms with Crippen molar-refractivity contribution in [2.75, 3.05) is 7.05 Å². The summed E-state index contributed by atoms with van der Waals surface area (Å²) in [4.78, 5) is 18.1. The van der Waals surface area contributed by atoms with Crippen molar-refractivity contribution in [3.63, 3.8) is 0 Å². The second-order valence-corrected chi connectivity index (χ2v) is 6.13. The molecule has 2 heterocycles. The molecule has 2 atom stereocenters. The average Bonchev–Trinajstić information content (AvgIpc) is 2.58. The van der Waals surface area contributed by atoms with Crippen LogP contribution in [0.2, 0.25) is 0 Å². The molecule has 92 valence electrons. The Hall–Kier alpha value is -1.03. The number of carbonyl (C=O) groups excluding carboxylic acids is 1. The van der Waals surface area contributed by atoms with Crippen molar-refractivity contribution in [2.45, 2.75) is 30.9 Å². The van der Waals surface area contributed by atoms with Gasteiger partial charge in [-0.2, -0.15) is 0 Å². The highest BCUT2D eigenvalue weighted by Crippen LogP contribution is 2.43. The zero-order chi connectivity index (χ0) is 12.4. The highest BCUT2D eigenvalue weighted by molar-refractivity contribution is 8.01. The first-order valence-corrected chi connectivity index (χ1v) is 6.86. The quantitative estimate of drug-likeness (QED) is 0.827. The van der Waals surface area contributed by atoms with E-state index in [-0.39, 0.29) is 16.5 Å². The molecule has 1 aromatic rings. The maximum absolute atomic E-state index is 12.1. The van der Waals surface area contributed by atoms with Crippen LogP contribution in [-0.2, 0) is 4.79 Å². The van der Waals surface area contributed by atoms with Gasteiger partial charge in [0.1, 0.15) is 5.37 Å². The Morgan fingerprint density at radius 2 is 2.29 bits per heavy atom. The smallest absolute Gasteiger partial charge is 0.236 e. The van der Waals surface area contributed by atoms with Crippen LogP contribution in [0.25, 0.3) is 0 Å². The monoisotopic (exact) mass is 250 g/mol. The van der Waals surface area contributed by atoms with E-state index < -0.39 is 0 Å². The van der Waals surface area contributed by atoms with E-state index in [2.05, 4.69) is 18.8 Å². The largest absolute Gasteiger partial charge is 0.329 e. The minimum atomic E-state index is 0.102. The van der Waals surface area contributed by atoms with Crippen molar-refractivity contribution in [2.24, 2.45) is 5.92 Å². The van der Waals surface area contributed by atoms with Crippen LogP contribution in [0.5, 0.6) is 0 Å². The van der Waals surface area contributed by atoms with E-state index in [1.165, 1.54) is 0 Å². The van der Waals surface area contributed by atoms with Gasteiger partial charge in [-0.1, -0.05) is 19.9 Å². The van der Waals surface area contributed by atoms with E-state index in [9.17, 15) is 4.79 Å². The fraction of sp³-hybridized carbons (Fsp3) is 0.538. The van der Waals surface area contributed by atoms with Crippen LogP contribution in [0.4, 0.5) is 0 Å². The number of hydrogen-bond donors (Lipinski definition) is 0. The van der Waals surface area contributed by atoms with Crippen LogP contribution < -0.4 is 0 Å². The molecule has 0 aliphatic carbocycles. The Balaban J connectivity index is 2.14. The fourth-order valence-electron chi connectivity index (χ4n) is 2.06. The molecule has 2 rings (SSSR count). The Morgan fingerprint density at radius 1 is 1.53 bits per heavy atom. The summed E-state index contributed by atoms with van der Waals surface area (Å²) in [6.45, 7) is 4.32. The summed E-state index contributed by atoms with van der Waals surface area (Å²) < 4.78 is 0. The number of amides is 1. The van der Waals surface area contributed by atoms with Crippen molar-refractivity contribution in [1.82, 2.24) is 9.88 Å². The normalized spacial score (nSPS) is 24.7. The van der Waals surface area contributed by atoms with Gasteiger partial charge in [0, 0.05) is 25.0 Å². The lowest BCUT2D eigenvalue weighted by molar-refractivity contribution is -0.129. The van der Waals surface area contributed by atoms with Gasteiger partial charge in [0.25, 0.3) is 0 Å². The highest BCUT2D eigenvalue weighted by atomic mass is 32.2. The molecular formula is C13H18N2OS. The topological polar surface area (TPSA) is 33.2 Å². The molecule has 1 fully saturated rings. The molecule has 3 nitrogen and oxygen atoms in total. The summed E-state index contributed by atoms with van der Waals surface area (Å²) in [5.41, 5.74) is 1.11. The second kappa shape index (κ2) is 5.08. The van der Waals surface area contributed by atoms with E-state index in [1.54, 1.807) is 18.0 Å². The van der Waals surface area contributed by atoms with Gasteiger partial charge in [-0.3, -0.25) is 9.78 Å². The van der Waals surface area contributed by atoms with Gasteiger partial charge in [0.05, 0.1) is 5.25 Å². The van der Waals surface area contributed by atoms with Crippen LogP contribution in [0.3, 0.4) is 0 Å². The standard InChI is InChI=1S/C13H18N2OS/c1-9(2)7-11-12(16)15(3)13(17-11)10-5-4-6-14-8-10/h4-6,8-9,11,13H,7H2,1-3H3/t11-,13+/m0/s1. The molecule has 0 saturated carbocycles. The molecule has 1 aromatic heterocycles. The molecule has 1 aliphatic heterocycles. The third kappa shape index (κ3) is 2.63. The van der Waals surface area contributed by atoms with Crippen molar-refractivity contribution in [1.29, 1.82) is 0 Å². The Labute approximate surface area is 107 Å². The van der Waals surface area contributed by atoms with Gasteiger partial charge in [-0.15, -0.1) is 11.8 Å². The number of aromatic nitrogens is 1. The van der Waals surface area contributed by atoms with Crippen LogP contribution in [-0.4, -0.2) is 28.1 Å². The molecule has 0 spiro atoms. The van der Waals surface area contributed by atoms with Gasteiger partial charge >= 0.3 is 0 Å². The van der Waals surface area contributed by atoms with Gasteiger partial charge in [0.2, 0.25) is 5.91 Å². The van der Waals surface area contributed by atoms with Crippen LogP contribution in [0.15, 0.2) is 24.5 Å². The lowest BCUT2D eigenvalue weighted by Crippen LogP contribution is -2.27. The Kier molecular flexibility index (Phi) is 3.72. The van der Waals surface area contributed by atoms with Crippen LogP contribution in [0, 0.1) is 5.92 Å². The maximum Gasteiger partial charge on any atom is 0.236 e. The molecule has 1 saturated heterocycles. The summed E-state index contributed by atoms with van der Waals surface area (Å²) in [6.07, 6.45) is 4.56. The fourth-order valence-corrected chi connectivity index (χ4v) is 3.73. The van der Waals surface area contributed by atoms with Crippen molar-refractivity contribution in [3.05, 3.63) is 30.1 Å². The summed E-state index contributed by atoms with van der Waals surface area (Å²) in [6, 6.07) is 3.95. The van der Waals surface area contributed by atoms with Gasteiger partial charge < -0.3 is 4.90 Å². The van der Waals surface area contributed by atoms with Crippen LogP contribution in [0.1, 0.15) is 31.2 Å². The average molecular weight is 250 g/mol. The first kappa shape index (κ1) is 12.4. The molecular weight excluding hydrogens is 232 g/mol. The van der Waals surface area contributed by atoms with Crippen molar-refractivity contribution in [3.8, 4) is 0 Å². The molecule has 0 bridgehead atoms. The van der Waals surface area contributed by atoms with E-state index >= 15 is 0 Å². The number of carbonyl (C=O) groups is 1. The Morgan fingerprint density at radius 3 is 2.88 bits per heavy atom. The second-order valence-electron chi connectivity index (χ2n) is 4.84. The number of pyridine rings is 1. The van der Waals surface area contributed by atoms with Gasteiger partial charge in [-0.05, 0) is 18.4 Å². The van der Waals surface area contributed by atoms with Gasteiger partial charge in [-0.25, -0.2) is 0 Å². The number of rotatable bonds is 3. The third-order valence-corrected chi connectivity index (χ3v) is 4.49. The molecule has 1 amide bonds. The summed E-state index contributed by atoms with van der Waals surface area (Å²) in [5.74, 6) is 0.801. The molecule has 0 unspecified atom stereocenters. The predicted octanol–water partition coefficient (Wildman–Crippen LogP) is 2.70. The maximum atomic E-state index is 12.1. The van der Waals surface area contributed by atoms with Crippen molar-refractivity contribution < 1.29 is 4.79 Å². The lowest BCUT2D eigenvalue weighted by atomic mass is 10.1. The van der Waals surface area contributed by atoms with E-state index in [0.29, 0.717) is 5.92 Å². The zero-order valence-electron chi connectivity index (χ0n) is 10.5. The SMILES string of the molecule is CC(C)C[C@@H]1S[C@H](c2cccnc2)N(C)C1=O. The van der Waals surface area contributed by atoms with Crippen LogP contribution >= 0.6 is 11.8 Å². The minimum absolute atomic E-state index is 0.102. The number of hydrogen-bond acceptors (Lipinski definition) is 3. The molecule has 1 aliphatic rings. The van der Waals surface area contributed by atoms with E-state index in [1.807, 2.05) is 30.3 Å². The molecule has 4 heteroatoms. The lowest BCUT2D eigenvalue weighted by Gasteiger charge is -2.18. The molecule has 17 heavy (non-hydrogen) atoms. The Bertz CT molecular complexity index is 394. The van der Waals surface area contributed by atoms with E-state index in [0.717, 1.165) is 12.0 Å². The summed E-state index contributed by atoms with van der Waals surface area (Å²) >= 11 is 1.74.